The average Bonchev–Trinajstić information content (AvgIpc) is 2.70. The maximum atomic E-state index is 13.2. The average molecular weight is 451 g/mol. The van der Waals surface area contributed by atoms with Crippen LogP contribution in [0.25, 0.3) is 0 Å². The Morgan fingerprint density at radius 2 is 1.83 bits per heavy atom. The largest absolute Gasteiger partial charge is 0.483 e. The summed E-state index contributed by atoms with van der Waals surface area (Å²) in [5, 5.41) is 3.58. The molecule has 2 rings (SSSR count). The quantitative estimate of drug-likeness (QED) is 0.624. The van der Waals surface area contributed by atoms with Gasteiger partial charge in [-0.15, -0.1) is 0 Å². The number of rotatable bonds is 8. The Hall–Kier alpha value is -2.24. The molecule has 0 radical (unpaired) electrons. The molecule has 162 valence electrons. The van der Waals surface area contributed by atoms with Gasteiger partial charge in [-0.3, -0.25) is 9.59 Å². The molecule has 0 heterocycles. The fourth-order valence-corrected chi connectivity index (χ4v) is 3.76. The van der Waals surface area contributed by atoms with E-state index in [9.17, 15) is 9.59 Å². The van der Waals surface area contributed by atoms with Crippen LogP contribution in [0.3, 0.4) is 0 Å². The zero-order valence-corrected chi connectivity index (χ0v) is 19.5. The number of benzene rings is 2. The van der Waals surface area contributed by atoms with E-state index in [0.717, 1.165) is 16.7 Å². The second kappa shape index (κ2) is 10.7. The molecule has 0 bridgehead atoms. The zero-order chi connectivity index (χ0) is 22.4. The monoisotopic (exact) mass is 450 g/mol. The molecule has 2 aromatic rings. The van der Waals surface area contributed by atoms with Crippen LogP contribution in [0, 0.1) is 20.8 Å². The molecule has 1 N–H and O–H groups in total. The van der Waals surface area contributed by atoms with Crippen LogP contribution in [0.5, 0.6) is 5.75 Å². The van der Waals surface area contributed by atoms with Gasteiger partial charge in [0.25, 0.3) is 5.91 Å². The molecule has 1 atom stereocenters. The van der Waals surface area contributed by atoms with E-state index in [1.165, 1.54) is 4.90 Å². The maximum absolute atomic E-state index is 13.2. The Kier molecular flexibility index (Phi) is 8.56. The SMILES string of the molecule is CC[C@H](C(=O)NC)N(Cc1ccc(Cl)cc1Cl)C(=O)COc1cc(C)cc(C)c1C. The van der Waals surface area contributed by atoms with Gasteiger partial charge >= 0.3 is 0 Å². The number of ether oxygens (including phenoxy) is 1. The molecule has 0 aliphatic rings. The van der Waals surface area contributed by atoms with E-state index < -0.39 is 6.04 Å². The summed E-state index contributed by atoms with van der Waals surface area (Å²) in [5.41, 5.74) is 3.85. The molecule has 0 spiro atoms. The van der Waals surface area contributed by atoms with E-state index >= 15 is 0 Å². The molecule has 5 nitrogen and oxygen atoms in total. The summed E-state index contributed by atoms with van der Waals surface area (Å²) in [6.07, 6.45) is 0.458. The van der Waals surface area contributed by atoms with E-state index in [2.05, 4.69) is 11.4 Å². The first kappa shape index (κ1) is 24.0. The van der Waals surface area contributed by atoms with Crippen LogP contribution in [0.2, 0.25) is 10.0 Å². The third-order valence-electron chi connectivity index (χ3n) is 5.10. The second-order valence-corrected chi connectivity index (χ2v) is 8.13. The molecule has 0 aromatic heterocycles. The van der Waals surface area contributed by atoms with Crippen LogP contribution in [0.15, 0.2) is 30.3 Å². The van der Waals surface area contributed by atoms with Gasteiger partial charge in [0.2, 0.25) is 5.91 Å². The molecule has 2 aromatic carbocycles. The molecular formula is C23H28Cl2N2O3. The van der Waals surface area contributed by atoms with Gasteiger partial charge in [-0.1, -0.05) is 42.3 Å². The summed E-state index contributed by atoms with van der Waals surface area (Å²) in [6.45, 7) is 7.80. The third kappa shape index (κ3) is 5.89. The number of carbonyl (C=O) groups is 2. The number of nitrogens with one attached hydrogen (secondary N) is 1. The summed E-state index contributed by atoms with van der Waals surface area (Å²) in [5.74, 6) is 0.131. The van der Waals surface area contributed by atoms with Crippen molar-refractivity contribution >= 4 is 35.0 Å². The normalized spacial score (nSPS) is 11.7. The summed E-state index contributed by atoms with van der Waals surface area (Å²) in [6, 6.07) is 8.43. The third-order valence-corrected chi connectivity index (χ3v) is 5.69. The molecule has 7 heteroatoms. The smallest absolute Gasteiger partial charge is 0.261 e. The minimum absolute atomic E-state index is 0.177. The lowest BCUT2D eigenvalue weighted by Crippen LogP contribution is -2.49. The van der Waals surface area contributed by atoms with Crippen molar-refractivity contribution in [3.8, 4) is 5.75 Å². The van der Waals surface area contributed by atoms with Crippen LogP contribution in [0.4, 0.5) is 0 Å². The molecule has 0 saturated carbocycles. The highest BCUT2D eigenvalue weighted by Crippen LogP contribution is 2.25. The standard InChI is InChI=1S/C23H28Cl2N2O3/c1-6-20(23(29)26-5)27(12-17-7-8-18(24)11-19(17)25)22(28)13-30-21-10-14(2)9-15(3)16(21)4/h7-11,20H,6,12-13H2,1-5H3,(H,26,29)/t20-/m1/s1. The zero-order valence-electron chi connectivity index (χ0n) is 18.0. The fraction of sp³-hybridized carbons (Fsp3) is 0.391. The van der Waals surface area contributed by atoms with Crippen molar-refractivity contribution in [3.05, 3.63) is 62.6 Å². The minimum atomic E-state index is -0.641. The number of likely N-dealkylation sites (N-methyl/N-ethyl adjacent to an activating group) is 1. The predicted molar refractivity (Wildman–Crippen MR) is 121 cm³/mol. The minimum Gasteiger partial charge on any atom is -0.483 e. The highest BCUT2D eigenvalue weighted by molar-refractivity contribution is 6.35. The number of aryl methyl sites for hydroxylation is 2. The first-order valence-electron chi connectivity index (χ1n) is 9.83. The topological polar surface area (TPSA) is 58.6 Å². The molecule has 30 heavy (non-hydrogen) atoms. The Labute approximate surface area is 188 Å². The maximum Gasteiger partial charge on any atom is 0.261 e. The first-order valence-corrected chi connectivity index (χ1v) is 10.6. The van der Waals surface area contributed by atoms with Crippen molar-refractivity contribution in [1.29, 1.82) is 0 Å². The predicted octanol–water partition coefficient (Wildman–Crippen LogP) is 4.85. The fourth-order valence-electron chi connectivity index (χ4n) is 3.29. The van der Waals surface area contributed by atoms with Crippen molar-refractivity contribution < 1.29 is 14.3 Å². The Morgan fingerprint density at radius 1 is 1.13 bits per heavy atom. The summed E-state index contributed by atoms with van der Waals surface area (Å²) < 4.78 is 5.86. The van der Waals surface area contributed by atoms with Crippen LogP contribution in [-0.4, -0.2) is 36.4 Å². The molecule has 0 aliphatic heterocycles. The van der Waals surface area contributed by atoms with E-state index in [-0.39, 0.29) is 25.0 Å². The lowest BCUT2D eigenvalue weighted by molar-refractivity contribution is -0.142. The van der Waals surface area contributed by atoms with Crippen molar-refractivity contribution in [2.45, 2.75) is 46.7 Å². The Bertz CT molecular complexity index is 931. The van der Waals surface area contributed by atoms with Crippen LogP contribution in [0.1, 0.15) is 35.6 Å². The summed E-state index contributed by atoms with van der Waals surface area (Å²) in [7, 11) is 1.55. The van der Waals surface area contributed by atoms with E-state index in [0.29, 0.717) is 27.8 Å². The van der Waals surface area contributed by atoms with Gasteiger partial charge in [0, 0.05) is 23.6 Å². The number of amides is 2. The highest BCUT2D eigenvalue weighted by atomic mass is 35.5. The van der Waals surface area contributed by atoms with Crippen molar-refractivity contribution in [1.82, 2.24) is 10.2 Å². The lowest BCUT2D eigenvalue weighted by atomic mass is 10.1. The Morgan fingerprint density at radius 3 is 2.43 bits per heavy atom. The molecular weight excluding hydrogens is 423 g/mol. The molecule has 0 fully saturated rings. The number of hydrogen-bond acceptors (Lipinski definition) is 3. The highest BCUT2D eigenvalue weighted by Gasteiger charge is 2.29. The molecule has 2 amide bonds. The van der Waals surface area contributed by atoms with Crippen molar-refractivity contribution in [3.63, 3.8) is 0 Å². The van der Waals surface area contributed by atoms with Gasteiger partial charge < -0.3 is 15.0 Å². The van der Waals surface area contributed by atoms with Crippen LogP contribution < -0.4 is 10.1 Å². The molecule has 0 saturated heterocycles. The molecule has 0 aliphatic carbocycles. The second-order valence-electron chi connectivity index (χ2n) is 7.29. The summed E-state index contributed by atoms with van der Waals surface area (Å²) in [4.78, 5) is 27.1. The van der Waals surface area contributed by atoms with Gasteiger partial charge in [-0.25, -0.2) is 0 Å². The van der Waals surface area contributed by atoms with E-state index in [1.807, 2.05) is 33.8 Å². The lowest BCUT2D eigenvalue weighted by Gasteiger charge is -2.30. The van der Waals surface area contributed by atoms with Crippen molar-refractivity contribution in [2.75, 3.05) is 13.7 Å². The van der Waals surface area contributed by atoms with Gasteiger partial charge in [0.05, 0.1) is 0 Å². The number of nitrogens with zero attached hydrogens (tertiary/aromatic N) is 1. The van der Waals surface area contributed by atoms with Gasteiger partial charge in [-0.2, -0.15) is 0 Å². The van der Waals surface area contributed by atoms with E-state index in [4.69, 9.17) is 27.9 Å². The number of hydrogen-bond donors (Lipinski definition) is 1. The van der Waals surface area contributed by atoms with Gasteiger partial charge in [0.15, 0.2) is 6.61 Å². The molecule has 0 unspecified atom stereocenters. The van der Waals surface area contributed by atoms with Gasteiger partial charge in [-0.05, 0) is 67.6 Å². The number of carbonyl (C=O) groups excluding carboxylic acids is 2. The number of halogens is 2. The van der Waals surface area contributed by atoms with Crippen LogP contribution >= 0.6 is 23.2 Å². The van der Waals surface area contributed by atoms with Gasteiger partial charge in [0.1, 0.15) is 11.8 Å². The first-order chi connectivity index (χ1) is 14.2. The Balaban J connectivity index is 2.28. The van der Waals surface area contributed by atoms with Crippen molar-refractivity contribution in [2.24, 2.45) is 0 Å². The van der Waals surface area contributed by atoms with E-state index in [1.54, 1.807) is 25.2 Å². The van der Waals surface area contributed by atoms with Crippen LogP contribution in [-0.2, 0) is 16.1 Å². The summed E-state index contributed by atoms with van der Waals surface area (Å²) >= 11 is 12.3.